The molecule has 4 rings (SSSR count). The number of aliphatic hydroxyl groups excluding tert-OH is 1. The molecule has 0 aliphatic carbocycles. The highest BCUT2D eigenvalue weighted by Gasteiger charge is 2.29. The summed E-state index contributed by atoms with van der Waals surface area (Å²) in [6.07, 6.45) is 3.68. The molecule has 1 fully saturated rings. The molecule has 1 aliphatic rings. The number of hydrogen-bond donors (Lipinski definition) is 1. The Morgan fingerprint density at radius 2 is 2.04 bits per heavy atom. The van der Waals surface area contributed by atoms with E-state index in [0.717, 1.165) is 47.3 Å². The molecule has 3 aromatic rings. The van der Waals surface area contributed by atoms with Crippen LogP contribution in [0.25, 0.3) is 10.8 Å². The number of methoxy groups -OCH3 is 1. The maximum Gasteiger partial charge on any atom is 0.127 e. The van der Waals surface area contributed by atoms with Crippen molar-refractivity contribution < 1.29 is 14.6 Å². The zero-order chi connectivity index (χ0) is 19.5. The number of benzene rings is 2. The molecule has 0 unspecified atom stereocenters. The van der Waals surface area contributed by atoms with Crippen molar-refractivity contribution in [1.82, 2.24) is 9.88 Å². The number of aromatic nitrogens is 1. The monoisotopic (exact) mass is 378 g/mol. The highest BCUT2D eigenvalue weighted by Crippen LogP contribution is 2.25. The van der Waals surface area contributed by atoms with Gasteiger partial charge in [-0.1, -0.05) is 18.2 Å². The van der Waals surface area contributed by atoms with Gasteiger partial charge in [0.05, 0.1) is 7.11 Å². The summed E-state index contributed by atoms with van der Waals surface area (Å²) < 4.78 is 11.5. The highest BCUT2D eigenvalue weighted by atomic mass is 16.5. The van der Waals surface area contributed by atoms with Crippen LogP contribution in [-0.2, 0) is 6.54 Å². The van der Waals surface area contributed by atoms with Crippen LogP contribution in [0.1, 0.15) is 17.5 Å². The summed E-state index contributed by atoms with van der Waals surface area (Å²) in [6, 6.07) is 14.2. The lowest BCUT2D eigenvalue weighted by Crippen LogP contribution is -2.48. The maximum absolute atomic E-state index is 10.6. The molecule has 5 heteroatoms. The van der Waals surface area contributed by atoms with Gasteiger partial charge in [-0.05, 0) is 54.1 Å². The molecule has 1 aliphatic heterocycles. The summed E-state index contributed by atoms with van der Waals surface area (Å²) >= 11 is 0. The summed E-state index contributed by atoms with van der Waals surface area (Å²) in [5.41, 5.74) is 2.32. The van der Waals surface area contributed by atoms with Crippen LogP contribution in [0.15, 0.2) is 54.9 Å². The Labute approximate surface area is 165 Å². The lowest BCUT2D eigenvalue weighted by atomic mass is 10.0. The van der Waals surface area contributed by atoms with Gasteiger partial charge in [-0.25, -0.2) is 0 Å². The van der Waals surface area contributed by atoms with Gasteiger partial charge in [-0.2, -0.15) is 0 Å². The van der Waals surface area contributed by atoms with Crippen molar-refractivity contribution in [2.75, 3.05) is 20.2 Å². The van der Waals surface area contributed by atoms with Crippen molar-refractivity contribution >= 4 is 10.8 Å². The van der Waals surface area contributed by atoms with E-state index in [2.05, 4.69) is 28.1 Å². The first kappa shape index (κ1) is 18.7. The fourth-order valence-electron chi connectivity index (χ4n) is 3.79. The number of aryl methyl sites for hydroxylation is 1. The summed E-state index contributed by atoms with van der Waals surface area (Å²) in [7, 11) is 1.70. The maximum atomic E-state index is 10.6. The third kappa shape index (κ3) is 4.11. The number of β-amino-alcohol motifs (C(OH)–C–C–N with tert-alkyl or cyclic N) is 1. The Balaban J connectivity index is 1.38. The van der Waals surface area contributed by atoms with Crippen molar-refractivity contribution in [2.45, 2.75) is 32.1 Å². The predicted octanol–water partition coefficient (Wildman–Crippen LogP) is 3.57. The van der Waals surface area contributed by atoms with Crippen LogP contribution in [0.2, 0.25) is 0 Å². The van der Waals surface area contributed by atoms with Gasteiger partial charge < -0.3 is 14.6 Å². The van der Waals surface area contributed by atoms with Gasteiger partial charge in [-0.15, -0.1) is 0 Å². The number of aliphatic hydroxyl groups is 1. The highest BCUT2D eigenvalue weighted by molar-refractivity contribution is 5.82. The Kier molecular flexibility index (Phi) is 5.46. The third-order valence-corrected chi connectivity index (χ3v) is 5.38. The molecule has 1 saturated heterocycles. The van der Waals surface area contributed by atoms with Crippen LogP contribution in [0, 0.1) is 6.92 Å². The molecule has 1 N–H and O–H groups in total. The number of hydrogen-bond acceptors (Lipinski definition) is 5. The average molecular weight is 378 g/mol. The van der Waals surface area contributed by atoms with E-state index >= 15 is 0 Å². The van der Waals surface area contributed by atoms with Crippen LogP contribution in [0.4, 0.5) is 0 Å². The Hall–Kier alpha value is -2.63. The van der Waals surface area contributed by atoms with Crippen molar-refractivity contribution in [3.63, 3.8) is 0 Å². The van der Waals surface area contributed by atoms with E-state index in [4.69, 9.17) is 9.47 Å². The molecule has 5 nitrogen and oxygen atoms in total. The largest absolute Gasteiger partial charge is 0.496 e. The van der Waals surface area contributed by atoms with Crippen molar-refractivity contribution in [2.24, 2.45) is 0 Å². The van der Waals surface area contributed by atoms with Crippen LogP contribution in [-0.4, -0.2) is 47.4 Å². The number of pyridine rings is 1. The second kappa shape index (κ2) is 8.17. The van der Waals surface area contributed by atoms with Crippen LogP contribution in [0.3, 0.4) is 0 Å². The van der Waals surface area contributed by atoms with Crippen molar-refractivity contribution in [3.8, 4) is 11.5 Å². The molecule has 28 heavy (non-hydrogen) atoms. The Bertz CT molecular complexity index is 959. The lowest BCUT2D eigenvalue weighted by Gasteiger charge is -2.36. The van der Waals surface area contributed by atoms with Gasteiger partial charge in [-0.3, -0.25) is 9.88 Å². The lowest BCUT2D eigenvalue weighted by molar-refractivity contribution is -0.0274. The number of nitrogens with zero attached hydrogens (tertiary/aromatic N) is 2. The Morgan fingerprint density at radius 1 is 1.14 bits per heavy atom. The van der Waals surface area contributed by atoms with E-state index in [1.165, 1.54) is 5.56 Å². The van der Waals surface area contributed by atoms with E-state index in [1.807, 2.05) is 37.4 Å². The van der Waals surface area contributed by atoms with Crippen LogP contribution < -0.4 is 9.47 Å². The van der Waals surface area contributed by atoms with Crippen LogP contribution >= 0.6 is 0 Å². The molecule has 146 valence electrons. The molecule has 2 aromatic carbocycles. The molecule has 0 amide bonds. The van der Waals surface area contributed by atoms with Gasteiger partial charge in [0.1, 0.15) is 23.7 Å². The Morgan fingerprint density at radius 3 is 2.86 bits per heavy atom. The summed E-state index contributed by atoms with van der Waals surface area (Å²) in [6.45, 7) is 4.31. The number of likely N-dealkylation sites (tertiary alicyclic amines) is 1. The van der Waals surface area contributed by atoms with Gasteiger partial charge in [0.15, 0.2) is 0 Å². The number of fused-ring (bicyclic) bond motifs is 1. The molecule has 0 radical (unpaired) electrons. The molecule has 2 heterocycles. The van der Waals surface area contributed by atoms with Gasteiger partial charge in [0.25, 0.3) is 0 Å². The zero-order valence-electron chi connectivity index (χ0n) is 16.3. The minimum atomic E-state index is -0.523. The first-order valence-corrected chi connectivity index (χ1v) is 9.67. The third-order valence-electron chi connectivity index (χ3n) is 5.38. The minimum absolute atomic E-state index is 0.196. The SMILES string of the molecule is COc1cc(CN2CC[C@@H](Oc3ccc4ccncc4c3)[C@H](O)C2)ccc1C. The smallest absolute Gasteiger partial charge is 0.127 e. The van der Waals surface area contributed by atoms with E-state index in [9.17, 15) is 5.11 Å². The molecular formula is C23H26N2O3. The molecule has 0 bridgehead atoms. The fourth-order valence-corrected chi connectivity index (χ4v) is 3.79. The summed E-state index contributed by atoms with van der Waals surface area (Å²) in [5.74, 6) is 1.68. The second-order valence-electron chi connectivity index (χ2n) is 7.44. The van der Waals surface area contributed by atoms with Crippen LogP contribution in [0.5, 0.6) is 11.5 Å². The van der Waals surface area contributed by atoms with E-state index < -0.39 is 6.10 Å². The first-order valence-electron chi connectivity index (χ1n) is 9.67. The molecular weight excluding hydrogens is 352 g/mol. The summed E-state index contributed by atoms with van der Waals surface area (Å²) in [5, 5.41) is 12.8. The zero-order valence-corrected chi connectivity index (χ0v) is 16.3. The quantitative estimate of drug-likeness (QED) is 0.736. The van der Waals surface area contributed by atoms with E-state index in [-0.39, 0.29) is 6.10 Å². The first-order chi connectivity index (χ1) is 13.6. The van der Waals surface area contributed by atoms with E-state index in [1.54, 1.807) is 13.3 Å². The molecule has 0 spiro atoms. The molecule has 1 aromatic heterocycles. The number of piperidine rings is 1. The minimum Gasteiger partial charge on any atom is -0.496 e. The van der Waals surface area contributed by atoms with Crippen molar-refractivity contribution in [3.05, 3.63) is 66.0 Å². The predicted molar refractivity (Wildman–Crippen MR) is 110 cm³/mol. The average Bonchev–Trinajstić information content (AvgIpc) is 2.71. The van der Waals surface area contributed by atoms with Gasteiger partial charge in [0, 0.05) is 37.4 Å². The van der Waals surface area contributed by atoms with Gasteiger partial charge in [0.2, 0.25) is 0 Å². The standard InChI is InChI=1S/C23H26N2O3/c1-16-3-4-17(11-23(16)27-2)14-25-10-8-22(21(26)15-25)28-20-6-5-18-7-9-24-13-19(18)12-20/h3-7,9,11-13,21-22,26H,8,10,14-15H2,1-2H3/t21-,22-/m1/s1. The topological polar surface area (TPSA) is 54.8 Å². The fraction of sp³-hybridized carbons (Fsp3) is 0.348. The number of rotatable bonds is 5. The number of ether oxygens (including phenoxy) is 2. The summed E-state index contributed by atoms with van der Waals surface area (Å²) in [4.78, 5) is 6.43. The molecule has 2 atom stereocenters. The molecule has 0 saturated carbocycles. The van der Waals surface area contributed by atoms with Crippen molar-refractivity contribution in [1.29, 1.82) is 0 Å². The van der Waals surface area contributed by atoms with E-state index in [0.29, 0.717) is 6.54 Å². The van der Waals surface area contributed by atoms with Gasteiger partial charge >= 0.3 is 0 Å². The normalized spacial score (nSPS) is 20.2. The second-order valence-corrected chi connectivity index (χ2v) is 7.44.